The van der Waals surface area contributed by atoms with Crippen LogP contribution < -0.4 is 5.32 Å². The van der Waals surface area contributed by atoms with Crippen molar-refractivity contribution in [1.82, 2.24) is 10.2 Å². The van der Waals surface area contributed by atoms with Crippen LogP contribution in [0.15, 0.2) is 0 Å². The van der Waals surface area contributed by atoms with Gasteiger partial charge in [0, 0.05) is 19.1 Å². The van der Waals surface area contributed by atoms with Crippen molar-refractivity contribution in [1.29, 1.82) is 0 Å². The third-order valence-corrected chi connectivity index (χ3v) is 5.01. The minimum Gasteiger partial charge on any atom is -0.316 e. The topological polar surface area (TPSA) is 15.3 Å². The zero-order valence-corrected chi connectivity index (χ0v) is 11.3. The van der Waals surface area contributed by atoms with E-state index in [1.807, 2.05) is 0 Å². The van der Waals surface area contributed by atoms with Gasteiger partial charge in [0.1, 0.15) is 0 Å². The highest BCUT2D eigenvalue weighted by atomic mass is 15.1. The molecule has 2 rings (SSSR count). The van der Waals surface area contributed by atoms with Crippen molar-refractivity contribution in [3.8, 4) is 0 Å². The molecule has 2 heteroatoms. The van der Waals surface area contributed by atoms with E-state index < -0.39 is 0 Å². The Morgan fingerprint density at radius 2 is 2.00 bits per heavy atom. The third-order valence-electron chi connectivity index (χ3n) is 5.01. The standard InChI is InChI=1S/C14H28N2/c1-12(2)14(8-9-15-10-14)11-16(3)13-6-4-5-7-13/h12-13,15H,4-11H2,1-3H3. The van der Waals surface area contributed by atoms with Crippen LogP contribution in [0.25, 0.3) is 0 Å². The lowest BCUT2D eigenvalue weighted by molar-refractivity contribution is 0.108. The van der Waals surface area contributed by atoms with Gasteiger partial charge in [-0.15, -0.1) is 0 Å². The first kappa shape index (κ1) is 12.4. The second kappa shape index (κ2) is 5.05. The normalized spacial score (nSPS) is 32.1. The summed E-state index contributed by atoms with van der Waals surface area (Å²) in [6.45, 7) is 8.53. The van der Waals surface area contributed by atoms with Crippen LogP contribution in [-0.4, -0.2) is 37.6 Å². The summed E-state index contributed by atoms with van der Waals surface area (Å²) in [4.78, 5) is 2.65. The molecule has 0 radical (unpaired) electrons. The first-order valence-electron chi connectivity index (χ1n) is 7.05. The van der Waals surface area contributed by atoms with Crippen LogP contribution in [0, 0.1) is 11.3 Å². The van der Waals surface area contributed by atoms with Crippen LogP contribution in [0.1, 0.15) is 46.0 Å². The molecule has 0 bridgehead atoms. The molecule has 0 aromatic heterocycles. The second-order valence-corrected chi connectivity index (χ2v) is 6.30. The van der Waals surface area contributed by atoms with Crippen molar-refractivity contribution in [2.75, 3.05) is 26.7 Å². The van der Waals surface area contributed by atoms with E-state index >= 15 is 0 Å². The maximum Gasteiger partial charge on any atom is 0.00924 e. The van der Waals surface area contributed by atoms with Crippen molar-refractivity contribution >= 4 is 0 Å². The van der Waals surface area contributed by atoms with E-state index in [0.717, 1.165) is 12.0 Å². The molecule has 1 atom stereocenters. The first-order chi connectivity index (χ1) is 7.64. The van der Waals surface area contributed by atoms with Gasteiger partial charge >= 0.3 is 0 Å². The summed E-state index contributed by atoms with van der Waals surface area (Å²) in [5, 5.41) is 3.56. The van der Waals surface area contributed by atoms with Gasteiger partial charge in [0.05, 0.1) is 0 Å². The van der Waals surface area contributed by atoms with E-state index in [2.05, 4.69) is 31.1 Å². The lowest BCUT2D eigenvalue weighted by atomic mass is 9.76. The molecule has 0 spiro atoms. The molecule has 1 heterocycles. The second-order valence-electron chi connectivity index (χ2n) is 6.30. The SMILES string of the molecule is CC(C)C1(CN(C)C2CCCC2)CCNC1. The Hall–Kier alpha value is -0.0800. The van der Waals surface area contributed by atoms with E-state index in [1.165, 1.54) is 51.7 Å². The highest BCUT2D eigenvalue weighted by Crippen LogP contribution is 2.36. The van der Waals surface area contributed by atoms with Crippen molar-refractivity contribution in [2.45, 2.75) is 52.0 Å². The highest BCUT2D eigenvalue weighted by Gasteiger charge is 2.38. The first-order valence-corrected chi connectivity index (χ1v) is 7.05. The summed E-state index contributed by atoms with van der Waals surface area (Å²) in [7, 11) is 2.35. The van der Waals surface area contributed by atoms with Gasteiger partial charge in [-0.2, -0.15) is 0 Å². The van der Waals surface area contributed by atoms with Gasteiger partial charge in [-0.3, -0.25) is 0 Å². The van der Waals surface area contributed by atoms with Gasteiger partial charge < -0.3 is 10.2 Å². The van der Waals surface area contributed by atoms with Gasteiger partial charge in [0.25, 0.3) is 0 Å². The average molecular weight is 224 g/mol. The molecule has 2 fully saturated rings. The minimum absolute atomic E-state index is 0.539. The molecular weight excluding hydrogens is 196 g/mol. The maximum atomic E-state index is 3.56. The number of nitrogens with zero attached hydrogens (tertiary/aromatic N) is 1. The van der Waals surface area contributed by atoms with Crippen LogP contribution in [-0.2, 0) is 0 Å². The molecule has 2 aliphatic rings. The molecule has 0 aromatic rings. The molecule has 0 amide bonds. The zero-order chi connectivity index (χ0) is 11.6. The number of rotatable bonds is 4. The van der Waals surface area contributed by atoms with Crippen molar-refractivity contribution < 1.29 is 0 Å². The molecule has 1 saturated carbocycles. The largest absolute Gasteiger partial charge is 0.316 e. The van der Waals surface area contributed by atoms with E-state index in [-0.39, 0.29) is 0 Å². The fourth-order valence-electron chi connectivity index (χ4n) is 3.54. The van der Waals surface area contributed by atoms with E-state index in [9.17, 15) is 0 Å². The number of nitrogens with one attached hydrogen (secondary N) is 1. The van der Waals surface area contributed by atoms with E-state index in [1.54, 1.807) is 0 Å². The molecule has 16 heavy (non-hydrogen) atoms. The van der Waals surface area contributed by atoms with Gasteiger partial charge in [0.2, 0.25) is 0 Å². The molecule has 1 N–H and O–H groups in total. The predicted molar refractivity (Wildman–Crippen MR) is 69.6 cm³/mol. The fourth-order valence-corrected chi connectivity index (χ4v) is 3.54. The van der Waals surface area contributed by atoms with Crippen LogP contribution >= 0.6 is 0 Å². The lowest BCUT2D eigenvalue weighted by Crippen LogP contribution is -2.44. The van der Waals surface area contributed by atoms with Crippen LogP contribution in [0.3, 0.4) is 0 Å². The Labute approximate surface area is 101 Å². The van der Waals surface area contributed by atoms with Gasteiger partial charge in [-0.1, -0.05) is 26.7 Å². The predicted octanol–water partition coefficient (Wildman–Crippen LogP) is 2.50. The summed E-state index contributed by atoms with van der Waals surface area (Å²) in [5.41, 5.74) is 0.539. The third kappa shape index (κ3) is 2.43. The number of hydrogen-bond donors (Lipinski definition) is 1. The Kier molecular flexibility index (Phi) is 3.91. The van der Waals surface area contributed by atoms with Crippen LogP contribution in [0.2, 0.25) is 0 Å². The van der Waals surface area contributed by atoms with Gasteiger partial charge in [-0.25, -0.2) is 0 Å². The Morgan fingerprint density at radius 1 is 1.31 bits per heavy atom. The molecule has 0 aromatic carbocycles. The Morgan fingerprint density at radius 3 is 2.50 bits per heavy atom. The summed E-state index contributed by atoms with van der Waals surface area (Å²) in [5.74, 6) is 0.798. The summed E-state index contributed by atoms with van der Waals surface area (Å²) in [6.07, 6.45) is 7.11. The molecule has 2 nitrogen and oxygen atoms in total. The molecule has 1 unspecified atom stereocenters. The molecular formula is C14H28N2. The molecule has 1 aliphatic carbocycles. The van der Waals surface area contributed by atoms with Crippen molar-refractivity contribution in [3.63, 3.8) is 0 Å². The van der Waals surface area contributed by atoms with Crippen molar-refractivity contribution in [3.05, 3.63) is 0 Å². The summed E-state index contributed by atoms with van der Waals surface area (Å²) in [6, 6.07) is 0.872. The van der Waals surface area contributed by atoms with Crippen molar-refractivity contribution in [2.24, 2.45) is 11.3 Å². The maximum absolute atomic E-state index is 3.56. The Balaban J connectivity index is 1.94. The van der Waals surface area contributed by atoms with Crippen LogP contribution in [0.5, 0.6) is 0 Å². The fraction of sp³-hybridized carbons (Fsp3) is 1.00. The highest BCUT2D eigenvalue weighted by molar-refractivity contribution is 4.93. The lowest BCUT2D eigenvalue weighted by Gasteiger charge is -2.39. The van der Waals surface area contributed by atoms with E-state index in [4.69, 9.17) is 0 Å². The molecule has 94 valence electrons. The molecule has 1 aliphatic heterocycles. The smallest absolute Gasteiger partial charge is 0.00924 e. The number of hydrogen-bond acceptors (Lipinski definition) is 2. The quantitative estimate of drug-likeness (QED) is 0.789. The monoisotopic (exact) mass is 224 g/mol. The minimum atomic E-state index is 0.539. The van der Waals surface area contributed by atoms with Gasteiger partial charge in [0.15, 0.2) is 0 Å². The zero-order valence-electron chi connectivity index (χ0n) is 11.3. The van der Waals surface area contributed by atoms with E-state index in [0.29, 0.717) is 5.41 Å². The van der Waals surface area contributed by atoms with Crippen LogP contribution in [0.4, 0.5) is 0 Å². The average Bonchev–Trinajstić information content (AvgIpc) is 2.88. The Bertz CT molecular complexity index is 213. The van der Waals surface area contributed by atoms with Gasteiger partial charge in [-0.05, 0) is 44.2 Å². The summed E-state index contributed by atoms with van der Waals surface area (Å²) < 4.78 is 0. The summed E-state index contributed by atoms with van der Waals surface area (Å²) >= 11 is 0. The molecule has 1 saturated heterocycles.